The van der Waals surface area contributed by atoms with E-state index in [4.69, 9.17) is 0 Å². The van der Waals surface area contributed by atoms with Crippen molar-refractivity contribution in [3.8, 4) is 0 Å². The molecule has 1 N–H and O–H groups in total. The van der Waals surface area contributed by atoms with Gasteiger partial charge >= 0.3 is 0 Å². The molecular weight excluding hydrogens is 236 g/mol. The van der Waals surface area contributed by atoms with Gasteiger partial charge in [-0.1, -0.05) is 53.4 Å². The van der Waals surface area contributed by atoms with E-state index in [1.54, 1.807) is 0 Å². The molecule has 0 aliphatic heterocycles. The van der Waals surface area contributed by atoms with Gasteiger partial charge in [0.05, 0.1) is 6.54 Å². The fraction of sp³-hybridized carbons (Fsp3) is 0.938. The van der Waals surface area contributed by atoms with Crippen LogP contribution in [-0.2, 0) is 4.79 Å². The lowest BCUT2D eigenvalue weighted by Crippen LogP contribution is -2.37. The Bertz CT molecular complexity index is 229. The van der Waals surface area contributed by atoms with Gasteiger partial charge in [0.1, 0.15) is 0 Å². The summed E-state index contributed by atoms with van der Waals surface area (Å²) in [6.07, 6.45) is 6.22. The third-order valence-corrected chi connectivity index (χ3v) is 3.48. The molecule has 0 aliphatic rings. The average molecular weight is 270 g/mol. The zero-order valence-electron chi connectivity index (χ0n) is 13.7. The molecule has 0 bridgehead atoms. The van der Waals surface area contributed by atoms with Gasteiger partial charge < -0.3 is 5.32 Å². The van der Waals surface area contributed by atoms with Crippen molar-refractivity contribution in [3.05, 3.63) is 0 Å². The van der Waals surface area contributed by atoms with Crippen molar-refractivity contribution in [2.45, 2.75) is 59.8 Å². The highest BCUT2D eigenvalue weighted by Crippen LogP contribution is 2.11. The highest BCUT2D eigenvalue weighted by atomic mass is 16.2. The summed E-state index contributed by atoms with van der Waals surface area (Å²) in [5.41, 5.74) is 0. The number of carbonyl (C=O) groups excluding carboxylic acids is 1. The number of hydrogen-bond donors (Lipinski definition) is 1. The average Bonchev–Trinajstić information content (AvgIpc) is 2.31. The van der Waals surface area contributed by atoms with E-state index in [2.05, 4.69) is 37.9 Å². The Morgan fingerprint density at radius 2 is 1.84 bits per heavy atom. The molecule has 0 aromatic heterocycles. The molecule has 0 spiro atoms. The molecular formula is C16H34N2O. The van der Waals surface area contributed by atoms with Crippen molar-refractivity contribution < 1.29 is 4.79 Å². The zero-order chi connectivity index (χ0) is 14.7. The van der Waals surface area contributed by atoms with Crippen LogP contribution in [0.5, 0.6) is 0 Å². The lowest BCUT2D eigenvalue weighted by Gasteiger charge is -2.18. The fourth-order valence-electron chi connectivity index (χ4n) is 2.22. The van der Waals surface area contributed by atoms with E-state index in [9.17, 15) is 4.79 Å². The second kappa shape index (κ2) is 11.3. The predicted octanol–water partition coefficient (Wildman–Crippen LogP) is 3.30. The van der Waals surface area contributed by atoms with Gasteiger partial charge in [-0.05, 0) is 25.3 Å². The lowest BCUT2D eigenvalue weighted by atomic mass is 10.0. The maximum absolute atomic E-state index is 11.7. The van der Waals surface area contributed by atoms with Gasteiger partial charge in [0.15, 0.2) is 0 Å². The molecule has 3 heteroatoms. The molecule has 0 saturated heterocycles. The second-order valence-corrected chi connectivity index (χ2v) is 6.30. The first-order valence-corrected chi connectivity index (χ1v) is 7.90. The standard InChI is InChI=1S/C16H34N2O/c1-6-15(4)10-8-7-9-11-17-16(19)13-18(5)12-14(2)3/h14-15H,6-13H2,1-5H3,(H,17,19). The Labute approximate surface area is 120 Å². The third kappa shape index (κ3) is 12.2. The number of unbranched alkanes of at least 4 members (excludes halogenated alkanes) is 2. The summed E-state index contributed by atoms with van der Waals surface area (Å²) in [5.74, 6) is 1.61. The molecule has 0 saturated carbocycles. The maximum atomic E-state index is 11.7. The van der Waals surface area contributed by atoms with Crippen LogP contribution in [0, 0.1) is 11.8 Å². The summed E-state index contributed by atoms with van der Waals surface area (Å²) in [5, 5.41) is 3.01. The van der Waals surface area contributed by atoms with E-state index in [-0.39, 0.29) is 5.91 Å². The van der Waals surface area contributed by atoms with Gasteiger partial charge in [0.2, 0.25) is 5.91 Å². The summed E-state index contributed by atoms with van der Waals surface area (Å²) in [6.45, 7) is 11.2. The minimum Gasteiger partial charge on any atom is -0.355 e. The summed E-state index contributed by atoms with van der Waals surface area (Å²) in [4.78, 5) is 13.8. The molecule has 0 aliphatic carbocycles. The minimum absolute atomic E-state index is 0.157. The van der Waals surface area contributed by atoms with Crippen molar-refractivity contribution in [1.29, 1.82) is 0 Å². The van der Waals surface area contributed by atoms with Gasteiger partial charge in [0, 0.05) is 13.1 Å². The number of likely N-dealkylation sites (N-methyl/N-ethyl adjacent to an activating group) is 1. The summed E-state index contributed by atoms with van der Waals surface area (Å²) < 4.78 is 0. The number of nitrogens with one attached hydrogen (secondary N) is 1. The van der Waals surface area contributed by atoms with E-state index in [0.29, 0.717) is 12.5 Å². The smallest absolute Gasteiger partial charge is 0.234 e. The van der Waals surface area contributed by atoms with Crippen molar-refractivity contribution in [1.82, 2.24) is 10.2 Å². The van der Waals surface area contributed by atoms with Crippen LogP contribution < -0.4 is 5.32 Å². The van der Waals surface area contributed by atoms with Crippen LogP contribution in [0.4, 0.5) is 0 Å². The maximum Gasteiger partial charge on any atom is 0.234 e. The Morgan fingerprint density at radius 1 is 1.16 bits per heavy atom. The molecule has 1 amide bonds. The van der Waals surface area contributed by atoms with Crippen LogP contribution in [0.2, 0.25) is 0 Å². The van der Waals surface area contributed by atoms with Gasteiger partial charge in [-0.25, -0.2) is 0 Å². The Morgan fingerprint density at radius 3 is 2.42 bits per heavy atom. The Kier molecular flexibility index (Phi) is 10.9. The van der Waals surface area contributed by atoms with Crippen LogP contribution in [0.1, 0.15) is 59.8 Å². The number of nitrogens with zero attached hydrogens (tertiary/aromatic N) is 1. The molecule has 19 heavy (non-hydrogen) atoms. The van der Waals surface area contributed by atoms with E-state index in [0.717, 1.165) is 25.4 Å². The molecule has 1 unspecified atom stereocenters. The zero-order valence-corrected chi connectivity index (χ0v) is 13.7. The Balaban J connectivity index is 3.43. The molecule has 0 radical (unpaired) electrons. The first kappa shape index (κ1) is 18.4. The third-order valence-electron chi connectivity index (χ3n) is 3.48. The second-order valence-electron chi connectivity index (χ2n) is 6.30. The van der Waals surface area contributed by atoms with Gasteiger partial charge in [-0.3, -0.25) is 9.69 Å². The fourth-order valence-corrected chi connectivity index (χ4v) is 2.22. The first-order valence-electron chi connectivity index (χ1n) is 7.90. The molecule has 0 aromatic rings. The molecule has 3 nitrogen and oxygen atoms in total. The van der Waals surface area contributed by atoms with E-state index in [1.807, 2.05) is 7.05 Å². The Hall–Kier alpha value is -0.570. The van der Waals surface area contributed by atoms with Crippen molar-refractivity contribution >= 4 is 5.91 Å². The molecule has 0 fully saturated rings. The van der Waals surface area contributed by atoms with Crippen LogP contribution >= 0.6 is 0 Å². The highest BCUT2D eigenvalue weighted by Gasteiger charge is 2.07. The normalized spacial score (nSPS) is 13.0. The molecule has 1 atom stereocenters. The van der Waals surface area contributed by atoms with Crippen molar-refractivity contribution in [2.24, 2.45) is 11.8 Å². The molecule has 0 heterocycles. The van der Waals surface area contributed by atoms with Crippen molar-refractivity contribution in [2.75, 3.05) is 26.7 Å². The number of hydrogen-bond acceptors (Lipinski definition) is 2. The molecule has 0 rings (SSSR count). The van der Waals surface area contributed by atoms with Crippen molar-refractivity contribution in [3.63, 3.8) is 0 Å². The lowest BCUT2D eigenvalue weighted by molar-refractivity contribution is -0.122. The molecule has 114 valence electrons. The van der Waals surface area contributed by atoms with Crippen LogP contribution in [0.15, 0.2) is 0 Å². The molecule has 0 aromatic carbocycles. The van der Waals surface area contributed by atoms with Crippen LogP contribution in [0.3, 0.4) is 0 Å². The summed E-state index contributed by atoms with van der Waals surface area (Å²) >= 11 is 0. The van der Waals surface area contributed by atoms with Gasteiger partial charge in [0.25, 0.3) is 0 Å². The minimum atomic E-state index is 0.157. The largest absolute Gasteiger partial charge is 0.355 e. The quantitative estimate of drug-likeness (QED) is 0.584. The first-order chi connectivity index (χ1) is 8.95. The topological polar surface area (TPSA) is 32.3 Å². The van der Waals surface area contributed by atoms with Crippen LogP contribution in [-0.4, -0.2) is 37.5 Å². The van der Waals surface area contributed by atoms with E-state index in [1.165, 1.54) is 25.7 Å². The summed E-state index contributed by atoms with van der Waals surface area (Å²) in [7, 11) is 2.01. The number of amides is 1. The SMILES string of the molecule is CCC(C)CCCCCNC(=O)CN(C)CC(C)C. The van der Waals surface area contributed by atoms with E-state index < -0.39 is 0 Å². The number of carbonyl (C=O) groups is 1. The predicted molar refractivity (Wildman–Crippen MR) is 83.3 cm³/mol. The van der Waals surface area contributed by atoms with Gasteiger partial charge in [-0.15, -0.1) is 0 Å². The summed E-state index contributed by atoms with van der Waals surface area (Å²) in [6, 6.07) is 0. The number of rotatable bonds is 11. The monoisotopic (exact) mass is 270 g/mol. The van der Waals surface area contributed by atoms with E-state index >= 15 is 0 Å². The van der Waals surface area contributed by atoms with Crippen LogP contribution in [0.25, 0.3) is 0 Å². The van der Waals surface area contributed by atoms with Gasteiger partial charge in [-0.2, -0.15) is 0 Å². The highest BCUT2D eigenvalue weighted by molar-refractivity contribution is 5.77.